The van der Waals surface area contributed by atoms with E-state index in [0.29, 0.717) is 33.7 Å². The summed E-state index contributed by atoms with van der Waals surface area (Å²) in [5.74, 6) is -0.236. The van der Waals surface area contributed by atoms with Gasteiger partial charge >= 0.3 is 5.97 Å². The van der Waals surface area contributed by atoms with Crippen LogP contribution in [0.3, 0.4) is 0 Å². The van der Waals surface area contributed by atoms with Gasteiger partial charge in [-0.1, -0.05) is 33.8 Å². The fourth-order valence-electron chi connectivity index (χ4n) is 3.24. The van der Waals surface area contributed by atoms with Gasteiger partial charge in [0.2, 0.25) is 5.91 Å². The van der Waals surface area contributed by atoms with Crippen molar-refractivity contribution in [3.63, 3.8) is 0 Å². The SMILES string of the molecule is CCOC(=O)c1ccc(NC(=O)CSc2nnc(CNC(=O)c3cccs3)n2-c2ccc(Br)cc2)cc1. The summed E-state index contributed by atoms with van der Waals surface area (Å²) in [6, 6.07) is 17.6. The van der Waals surface area contributed by atoms with E-state index in [4.69, 9.17) is 4.74 Å². The highest BCUT2D eigenvalue weighted by atomic mass is 79.9. The van der Waals surface area contributed by atoms with Gasteiger partial charge in [-0.2, -0.15) is 0 Å². The number of anilines is 1. The number of carbonyl (C=O) groups is 3. The van der Waals surface area contributed by atoms with Gasteiger partial charge < -0.3 is 15.4 Å². The van der Waals surface area contributed by atoms with Crippen molar-refractivity contribution in [1.29, 1.82) is 0 Å². The molecule has 2 heterocycles. The lowest BCUT2D eigenvalue weighted by molar-refractivity contribution is -0.113. The van der Waals surface area contributed by atoms with Crippen LogP contribution < -0.4 is 10.6 Å². The first kappa shape index (κ1) is 26.6. The molecule has 0 fully saturated rings. The molecule has 4 rings (SSSR count). The van der Waals surface area contributed by atoms with Gasteiger partial charge in [0.1, 0.15) is 0 Å². The lowest BCUT2D eigenvalue weighted by Gasteiger charge is -2.11. The maximum atomic E-state index is 12.6. The van der Waals surface area contributed by atoms with Crippen molar-refractivity contribution < 1.29 is 19.1 Å². The number of ether oxygens (including phenoxy) is 1. The molecular formula is C25H22BrN5O4S2. The molecule has 9 nitrogen and oxygen atoms in total. The van der Waals surface area contributed by atoms with Crippen LogP contribution in [0.5, 0.6) is 0 Å². The third-order valence-electron chi connectivity index (χ3n) is 4.95. The summed E-state index contributed by atoms with van der Waals surface area (Å²) in [6.45, 7) is 2.20. The normalized spacial score (nSPS) is 10.6. The molecule has 2 aromatic carbocycles. The molecule has 0 spiro atoms. The summed E-state index contributed by atoms with van der Waals surface area (Å²) in [5, 5.41) is 16.6. The minimum Gasteiger partial charge on any atom is -0.462 e. The summed E-state index contributed by atoms with van der Waals surface area (Å²) < 4.78 is 7.70. The van der Waals surface area contributed by atoms with E-state index in [1.165, 1.54) is 23.1 Å². The molecule has 0 atom stereocenters. The first-order valence-corrected chi connectivity index (χ1v) is 13.8. The van der Waals surface area contributed by atoms with E-state index in [0.717, 1.165) is 10.2 Å². The largest absolute Gasteiger partial charge is 0.462 e. The van der Waals surface area contributed by atoms with Gasteiger partial charge in [-0.15, -0.1) is 21.5 Å². The Hall–Kier alpha value is -3.48. The molecule has 0 saturated carbocycles. The number of carbonyl (C=O) groups excluding carboxylic acids is 3. The number of halogens is 1. The minimum atomic E-state index is -0.411. The van der Waals surface area contributed by atoms with Crippen LogP contribution in [0.4, 0.5) is 5.69 Å². The van der Waals surface area contributed by atoms with E-state index in [2.05, 4.69) is 36.8 Å². The lowest BCUT2D eigenvalue weighted by atomic mass is 10.2. The maximum absolute atomic E-state index is 12.6. The van der Waals surface area contributed by atoms with Crippen molar-refractivity contribution in [3.05, 3.63) is 86.8 Å². The van der Waals surface area contributed by atoms with Crippen molar-refractivity contribution >= 4 is 62.5 Å². The Labute approximate surface area is 229 Å². The first-order chi connectivity index (χ1) is 17.9. The average molecular weight is 601 g/mol. The zero-order chi connectivity index (χ0) is 26.2. The monoisotopic (exact) mass is 599 g/mol. The van der Waals surface area contributed by atoms with Gasteiger partial charge in [-0.3, -0.25) is 14.2 Å². The van der Waals surface area contributed by atoms with E-state index in [1.807, 2.05) is 40.3 Å². The Morgan fingerprint density at radius 3 is 2.49 bits per heavy atom. The second-order valence-corrected chi connectivity index (χ2v) is 10.3. The van der Waals surface area contributed by atoms with E-state index >= 15 is 0 Å². The topological polar surface area (TPSA) is 115 Å². The zero-order valence-corrected chi connectivity index (χ0v) is 22.9. The van der Waals surface area contributed by atoms with Crippen LogP contribution in [0.2, 0.25) is 0 Å². The fraction of sp³-hybridized carbons (Fsp3) is 0.160. The summed E-state index contributed by atoms with van der Waals surface area (Å²) in [4.78, 5) is 37.4. The number of esters is 1. The van der Waals surface area contributed by atoms with E-state index in [-0.39, 0.29) is 24.1 Å². The predicted octanol–water partition coefficient (Wildman–Crippen LogP) is 4.93. The van der Waals surface area contributed by atoms with E-state index in [9.17, 15) is 14.4 Å². The van der Waals surface area contributed by atoms with Crippen LogP contribution in [0.15, 0.2) is 75.7 Å². The van der Waals surface area contributed by atoms with Crippen LogP contribution in [0.25, 0.3) is 5.69 Å². The number of nitrogens with one attached hydrogen (secondary N) is 2. The number of hydrogen-bond acceptors (Lipinski definition) is 8. The molecule has 0 aliphatic heterocycles. The van der Waals surface area contributed by atoms with Crippen molar-refractivity contribution in [2.45, 2.75) is 18.6 Å². The maximum Gasteiger partial charge on any atom is 0.338 e. The molecule has 2 aromatic heterocycles. The Bertz CT molecular complexity index is 1370. The summed E-state index contributed by atoms with van der Waals surface area (Å²) in [7, 11) is 0. The average Bonchev–Trinajstić information content (AvgIpc) is 3.58. The molecule has 12 heteroatoms. The van der Waals surface area contributed by atoms with E-state index in [1.54, 1.807) is 37.3 Å². The molecule has 4 aromatic rings. The lowest BCUT2D eigenvalue weighted by Crippen LogP contribution is -2.24. The molecule has 0 unspecified atom stereocenters. The second kappa shape index (κ2) is 12.7. The Morgan fingerprint density at radius 2 is 1.81 bits per heavy atom. The molecule has 0 aliphatic rings. The van der Waals surface area contributed by atoms with Gasteiger partial charge in [0.25, 0.3) is 5.91 Å². The first-order valence-electron chi connectivity index (χ1n) is 11.2. The third kappa shape index (κ3) is 7.06. The van der Waals surface area contributed by atoms with Crippen molar-refractivity contribution in [2.24, 2.45) is 0 Å². The van der Waals surface area contributed by atoms with Gasteiger partial charge in [-0.25, -0.2) is 4.79 Å². The smallest absolute Gasteiger partial charge is 0.338 e. The quantitative estimate of drug-likeness (QED) is 0.196. The van der Waals surface area contributed by atoms with Crippen molar-refractivity contribution in [3.8, 4) is 5.69 Å². The highest BCUT2D eigenvalue weighted by molar-refractivity contribution is 9.10. The van der Waals surface area contributed by atoms with E-state index < -0.39 is 5.97 Å². The number of thioether (sulfide) groups is 1. The van der Waals surface area contributed by atoms with Crippen LogP contribution in [0, 0.1) is 0 Å². The van der Waals surface area contributed by atoms with Crippen LogP contribution >= 0.6 is 39.0 Å². The predicted molar refractivity (Wildman–Crippen MR) is 146 cm³/mol. The Morgan fingerprint density at radius 1 is 1.05 bits per heavy atom. The number of nitrogens with zero attached hydrogens (tertiary/aromatic N) is 3. The number of aromatic nitrogens is 3. The van der Waals surface area contributed by atoms with Crippen LogP contribution in [-0.2, 0) is 16.1 Å². The van der Waals surface area contributed by atoms with Crippen LogP contribution in [-0.4, -0.2) is 44.9 Å². The Kier molecular flexibility index (Phi) is 9.09. The summed E-state index contributed by atoms with van der Waals surface area (Å²) >= 11 is 6.02. The molecule has 0 aliphatic carbocycles. The number of amides is 2. The Balaban J connectivity index is 1.44. The summed E-state index contributed by atoms with van der Waals surface area (Å²) in [6.07, 6.45) is 0. The second-order valence-electron chi connectivity index (χ2n) is 7.51. The number of rotatable bonds is 10. The molecule has 2 amide bonds. The minimum absolute atomic E-state index is 0.0792. The zero-order valence-electron chi connectivity index (χ0n) is 19.6. The number of hydrogen-bond donors (Lipinski definition) is 2. The molecule has 190 valence electrons. The highest BCUT2D eigenvalue weighted by Crippen LogP contribution is 2.24. The number of benzene rings is 2. The van der Waals surface area contributed by atoms with Crippen LogP contribution in [0.1, 0.15) is 32.8 Å². The summed E-state index contributed by atoms with van der Waals surface area (Å²) in [5.41, 5.74) is 1.77. The molecule has 0 radical (unpaired) electrons. The van der Waals surface area contributed by atoms with Crippen molar-refractivity contribution in [2.75, 3.05) is 17.7 Å². The van der Waals surface area contributed by atoms with Crippen molar-refractivity contribution in [1.82, 2.24) is 20.1 Å². The third-order valence-corrected chi connectivity index (χ3v) is 7.28. The van der Waals surface area contributed by atoms with Gasteiger partial charge in [-0.05, 0) is 66.9 Å². The van der Waals surface area contributed by atoms with Gasteiger partial charge in [0.15, 0.2) is 11.0 Å². The van der Waals surface area contributed by atoms with Gasteiger partial charge in [0.05, 0.1) is 29.3 Å². The standard InChI is InChI=1S/C25H22BrN5O4S2/c1-2-35-24(34)16-5-9-18(10-6-16)28-22(32)15-37-25-30-29-21(14-27-23(33)20-4-3-13-36-20)31(25)19-11-7-17(26)8-12-19/h3-13H,2,14-15H2,1H3,(H,27,33)(H,28,32). The fourth-order valence-corrected chi connectivity index (χ4v) is 4.92. The molecular weight excluding hydrogens is 578 g/mol. The molecule has 0 bridgehead atoms. The van der Waals surface area contributed by atoms with Gasteiger partial charge in [0, 0.05) is 15.8 Å². The number of thiophene rings is 1. The highest BCUT2D eigenvalue weighted by Gasteiger charge is 2.17. The molecule has 37 heavy (non-hydrogen) atoms. The molecule has 0 saturated heterocycles. The molecule has 2 N–H and O–H groups in total.